The quantitative estimate of drug-likeness (QED) is 0.821. The Hall–Kier alpha value is -0.940. The van der Waals surface area contributed by atoms with E-state index in [0.717, 1.165) is 32.1 Å². The van der Waals surface area contributed by atoms with E-state index in [0.29, 0.717) is 34.7 Å². The molecule has 1 aliphatic carbocycles. The van der Waals surface area contributed by atoms with E-state index in [1.807, 2.05) is 0 Å². The fraction of sp³-hybridized carbons (Fsp3) is 0.600. The van der Waals surface area contributed by atoms with Crippen LogP contribution in [0.2, 0.25) is 0 Å². The lowest BCUT2D eigenvalue weighted by atomic mass is 9.76. The van der Waals surface area contributed by atoms with E-state index >= 15 is 0 Å². The van der Waals surface area contributed by atoms with E-state index in [2.05, 4.69) is 15.9 Å². The predicted octanol–water partition coefficient (Wildman–Crippen LogP) is 3.43. The summed E-state index contributed by atoms with van der Waals surface area (Å²) >= 11 is 3.40. The molecule has 0 aromatic heterocycles. The predicted molar refractivity (Wildman–Crippen MR) is 80.4 cm³/mol. The molecule has 1 fully saturated rings. The van der Waals surface area contributed by atoms with E-state index in [4.69, 9.17) is 15.2 Å². The lowest BCUT2D eigenvalue weighted by molar-refractivity contribution is 0.263. The summed E-state index contributed by atoms with van der Waals surface area (Å²) in [6.45, 7) is 1.22. The van der Waals surface area contributed by atoms with E-state index in [-0.39, 0.29) is 5.75 Å². The van der Waals surface area contributed by atoms with Gasteiger partial charge >= 0.3 is 0 Å². The van der Waals surface area contributed by atoms with Gasteiger partial charge in [-0.2, -0.15) is 0 Å². The zero-order valence-electron chi connectivity index (χ0n) is 11.5. The van der Waals surface area contributed by atoms with E-state index in [9.17, 15) is 5.11 Å². The van der Waals surface area contributed by atoms with Crippen LogP contribution in [0.4, 0.5) is 0 Å². The van der Waals surface area contributed by atoms with Crippen LogP contribution in [0.3, 0.4) is 0 Å². The molecule has 5 heteroatoms. The molecular formula is C15H20BrNO3. The molecule has 0 bridgehead atoms. The van der Waals surface area contributed by atoms with Gasteiger partial charge in [-0.25, -0.2) is 0 Å². The minimum absolute atomic E-state index is 0.193. The molecular weight excluding hydrogens is 322 g/mol. The smallest absolute Gasteiger partial charge is 0.170 e. The number of benzene rings is 1. The second-order valence-corrected chi connectivity index (χ2v) is 6.53. The van der Waals surface area contributed by atoms with Crippen molar-refractivity contribution in [2.45, 2.75) is 44.1 Å². The molecule has 4 nitrogen and oxygen atoms in total. The monoisotopic (exact) mass is 341 g/mol. The third-order valence-electron chi connectivity index (χ3n) is 4.21. The highest BCUT2D eigenvalue weighted by atomic mass is 79.9. The molecule has 3 rings (SSSR count). The maximum Gasteiger partial charge on any atom is 0.170 e. The number of halogens is 1. The third kappa shape index (κ3) is 2.37. The van der Waals surface area contributed by atoms with Gasteiger partial charge in [0.05, 0.1) is 23.2 Å². The first-order chi connectivity index (χ1) is 9.62. The summed E-state index contributed by atoms with van der Waals surface area (Å²) < 4.78 is 12.2. The standard InChI is InChI=1S/C15H20BrNO3/c16-10-9-11-14(20-8-4-7-19-11)12(13(10)18)15(17)5-2-1-3-6-15/h9,18H,1-8,17H2. The van der Waals surface area contributed by atoms with Gasteiger partial charge in [0.25, 0.3) is 0 Å². The Balaban J connectivity index is 2.14. The largest absolute Gasteiger partial charge is 0.506 e. The molecule has 1 aliphatic heterocycles. The Morgan fingerprint density at radius 1 is 1.10 bits per heavy atom. The summed E-state index contributed by atoms with van der Waals surface area (Å²) in [4.78, 5) is 0. The SMILES string of the molecule is NC1(c2c(O)c(Br)cc3c2OCCCO3)CCCCC1. The van der Waals surface area contributed by atoms with Crippen molar-refractivity contribution in [2.75, 3.05) is 13.2 Å². The number of phenols is 1. The lowest BCUT2D eigenvalue weighted by Crippen LogP contribution is -2.39. The molecule has 0 amide bonds. The van der Waals surface area contributed by atoms with Gasteiger partial charge in [-0.15, -0.1) is 0 Å². The second kappa shape index (κ2) is 5.45. The molecule has 1 saturated carbocycles. The van der Waals surface area contributed by atoms with Gasteiger partial charge < -0.3 is 20.3 Å². The summed E-state index contributed by atoms with van der Waals surface area (Å²) in [5.41, 5.74) is 6.80. The average molecular weight is 342 g/mol. The molecule has 2 aliphatic rings. The van der Waals surface area contributed by atoms with Crippen LogP contribution in [0.15, 0.2) is 10.5 Å². The molecule has 1 heterocycles. The second-order valence-electron chi connectivity index (χ2n) is 5.68. The van der Waals surface area contributed by atoms with Crippen LogP contribution >= 0.6 is 15.9 Å². The van der Waals surface area contributed by atoms with Crippen molar-refractivity contribution in [3.8, 4) is 17.2 Å². The minimum atomic E-state index is -0.524. The van der Waals surface area contributed by atoms with E-state index in [1.54, 1.807) is 6.07 Å². The maximum absolute atomic E-state index is 10.5. The van der Waals surface area contributed by atoms with E-state index < -0.39 is 5.54 Å². The number of ether oxygens (including phenoxy) is 2. The number of aromatic hydroxyl groups is 1. The Morgan fingerprint density at radius 2 is 1.80 bits per heavy atom. The van der Waals surface area contributed by atoms with Gasteiger partial charge in [-0.05, 0) is 28.8 Å². The summed E-state index contributed by atoms with van der Waals surface area (Å²) in [5, 5.41) is 10.5. The van der Waals surface area contributed by atoms with Gasteiger partial charge in [0.2, 0.25) is 0 Å². The number of rotatable bonds is 1. The van der Waals surface area contributed by atoms with Crippen LogP contribution < -0.4 is 15.2 Å². The number of phenolic OH excluding ortho intramolecular Hbond substituents is 1. The molecule has 0 atom stereocenters. The maximum atomic E-state index is 10.5. The first-order valence-electron chi connectivity index (χ1n) is 7.22. The zero-order chi connectivity index (χ0) is 14.2. The number of fused-ring (bicyclic) bond motifs is 1. The van der Waals surface area contributed by atoms with Gasteiger partial charge in [0.15, 0.2) is 11.5 Å². The molecule has 3 N–H and O–H groups in total. The molecule has 110 valence electrons. The Kier molecular flexibility index (Phi) is 3.82. The van der Waals surface area contributed by atoms with Gasteiger partial charge in [0, 0.05) is 18.0 Å². The number of hydrogen-bond donors (Lipinski definition) is 2. The van der Waals surface area contributed by atoms with Gasteiger partial charge in [-0.1, -0.05) is 19.3 Å². The van der Waals surface area contributed by atoms with Crippen LogP contribution in [0, 0.1) is 0 Å². The number of nitrogens with two attached hydrogens (primary N) is 1. The molecule has 0 saturated heterocycles. The fourth-order valence-corrected chi connectivity index (χ4v) is 3.57. The zero-order valence-corrected chi connectivity index (χ0v) is 13.0. The van der Waals surface area contributed by atoms with E-state index in [1.165, 1.54) is 6.42 Å². The Labute approximate surface area is 127 Å². The Morgan fingerprint density at radius 3 is 2.55 bits per heavy atom. The van der Waals surface area contributed by atoms with Gasteiger partial charge in [-0.3, -0.25) is 0 Å². The molecule has 20 heavy (non-hydrogen) atoms. The topological polar surface area (TPSA) is 64.7 Å². The highest BCUT2D eigenvalue weighted by Crippen LogP contribution is 2.51. The number of hydrogen-bond acceptors (Lipinski definition) is 4. The van der Waals surface area contributed by atoms with Crippen LogP contribution in [0.1, 0.15) is 44.1 Å². The van der Waals surface area contributed by atoms with Crippen molar-refractivity contribution in [2.24, 2.45) is 5.73 Å². The summed E-state index contributed by atoms with van der Waals surface area (Å²) in [6, 6.07) is 1.77. The molecule has 0 spiro atoms. The average Bonchev–Trinajstić information content (AvgIpc) is 2.65. The lowest BCUT2D eigenvalue weighted by Gasteiger charge is -2.35. The van der Waals surface area contributed by atoms with Crippen molar-refractivity contribution >= 4 is 15.9 Å². The minimum Gasteiger partial charge on any atom is -0.506 e. The third-order valence-corrected chi connectivity index (χ3v) is 4.81. The highest BCUT2D eigenvalue weighted by Gasteiger charge is 2.37. The van der Waals surface area contributed by atoms with Crippen molar-refractivity contribution in [3.05, 3.63) is 16.1 Å². The summed E-state index contributed by atoms with van der Waals surface area (Å²) in [6.07, 6.45) is 5.94. The van der Waals surface area contributed by atoms with Crippen molar-refractivity contribution in [1.82, 2.24) is 0 Å². The molecule has 1 aromatic carbocycles. The fourth-order valence-electron chi connectivity index (χ4n) is 3.16. The van der Waals surface area contributed by atoms with Gasteiger partial charge in [0.1, 0.15) is 5.75 Å². The van der Waals surface area contributed by atoms with Crippen molar-refractivity contribution < 1.29 is 14.6 Å². The molecule has 0 radical (unpaired) electrons. The van der Waals surface area contributed by atoms with Crippen LogP contribution in [-0.2, 0) is 5.54 Å². The summed E-state index contributed by atoms with van der Waals surface area (Å²) in [5.74, 6) is 1.50. The highest BCUT2D eigenvalue weighted by molar-refractivity contribution is 9.10. The normalized spacial score (nSPS) is 21.3. The van der Waals surface area contributed by atoms with Crippen LogP contribution in [0.25, 0.3) is 0 Å². The first-order valence-corrected chi connectivity index (χ1v) is 8.01. The molecule has 1 aromatic rings. The van der Waals surface area contributed by atoms with Crippen LogP contribution in [-0.4, -0.2) is 18.3 Å². The van der Waals surface area contributed by atoms with Crippen LogP contribution in [0.5, 0.6) is 17.2 Å². The first kappa shape index (κ1) is 14.0. The van der Waals surface area contributed by atoms with Crippen molar-refractivity contribution in [1.29, 1.82) is 0 Å². The molecule has 0 unspecified atom stereocenters. The summed E-state index contributed by atoms with van der Waals surface area (Å²) in [7, 11) is 0. The Bertz CT molecular complexity index is 512. The van der Waals surface area contributed by atoms with Crippen molar-refractivity contribution in [3.63, 3.8) is 0 Å².